The highest BCUT2D eigenvalue weighted by atomic mass is 32.2. The summed E-state index contributed by atoms with van der Waals surface area (Å²) >= 11 is 0. The second-order valence-electron chi connectivity index (χ2n) is 7.36. The van der Waals surface area contributed by atoms with E-state index in [1.165, 1.54) is 4.31 Å². The van der Waals surface area contributed by atoms with Gasteiger partial charge in [-0.25, -0.2) is 8.42 Å². The first-order valence-electron chi connectivity index (χ1n) is 9.90. The highest BCUT2D eigenvalue weighted by Gasteiger charge is 2.32. The number of amides is 1. The zero-order valence-electron chi connectivity index (χ0n) is 16.9. The largest absolute Gasteiger partial charge is 0.455 e. The third-order valence-electron chi connectivity index (χ3n) is 5.12. The molecule has 0 spiro atoms. The number of ether oxygens (including phenoxy) is 1. The second kappa shape index (κ2) is 9.86. The number of nitrogens with one attached hydrogen (secondary N) is 1. The zero-order chi connectivity index (χ0) is 21.6. The molecule has 3 rings (SSSR count). The van der Waals surface area contributed by atoms with Crippen molar-refractivity contribution in [3.8, 4) is 0 Å². The molecule has 1 amide bonds. The van der Waals surface area contributed by atoms with Crippen LogP contribution in [0.2, 0.25) is 0 Å². The summed E-state index contributed by atoms with van der Waals surface area (Å²) in [6, 6.07) is 16.2. The van der Waals surface area contributed by atoms with Crippen LogP contribution in [0.4, 0.5) is 0 Å². The number of hydrogen-bond donors (Lipinski definition) is 1. The van der Waals surface area contributed by atoms with E-state index in [0.29, 0.717) is 19.4 Å². The third kappa shape index (κ3) is 5.67. The van der Waals surface area contributed by atoms with E-state index in [2.05, 4.69) is 5.32 Å². The van der Waals surface area contributed by atoms with Crippen molar-refractivity contribution in [2.24, 2.45) is 5.92 Å². The van der Waals surface area contributed by atoms with Gasteiger partial charge >= 0.3 is 5.97 Å². The van der Waals surface area contributed by atoms with Crippen LogP contribution < -0.4 is 5.32 Å². The van der Waals surface area contributed by atoms with Crippen LogP contribution in [-0.2, 0) is 30.9 Å². The first-order valence-corrected chi connectivity index (χ1v) is 11.3. The molecule has 0 unspecified atom stereocenters. The molecular weight excluding hydrogens is 404 g/mol. The molecule has 1 N–H and O–H groups in total. The molecule has 30 heavy (non-hydrogen) atoms. The van der Waals surface area contributed by atoms with Crippen molar-refractivity contribution >= 4 is 21.9 Å². The van der Waals surface area contributed by atoms with Crippen molar-refractivity contribution in [1.29, 1.82) is 0 Å². The lowest BCUT2D eigenvalue weighted by molar-refractivity contribution is -0.153. The van der Waals surface area contributed by atoms with Gasteiger partial charge in [-0.3, -0.25) is 9.59 Å². The van der Waals surface area contributed by atoms with Crippen LogP contribution in [0.3, 0.4) is 0 Å². The summed E-state index contributed by atoms with van der Waals surface area (Å²) in [6.07, 6.45) is 0.741. The number of rotatable bonds is 7. The van der Waals surface area contributed by atoms with Gasteiger partial charge in [-0.2, -0.15) is 4.31 Å². The number of sulfonamides is 1. The van der Waals surface area contributed by atoms with Crippen molar-refractivity contribution in [3.05, 3.63) is 65.7 Å². The smallest absolute Gasteiger partial charge is 0.309 e. The summed E-state index contributed by atoms with van der Waals surface area (Å²) in [5.41, 5.74) is 1.95. The molecule has 7 nitrogen and oxygen atoms in total. The van der Waals surface area contributed by atoms with E-state index in [0.717, 1.165) is 11.1 Å². The number of hydrogen-bond acceptors (Lipinski definition) is 5. The van der Waals surface area contributed by atoms with Crippen molar-refractivity contribution in [3.63, 3.8) is 0 Å². The minimum absolute atomic E-state index is 0.246. The molecule has 2 aromatic carbocycles. The van der Waals surface area contributed by atoms with Crippen molar-refractivity contribution < 1.29 is 22.7 Å². The molecule has 1 aliphatic heterocycles. The molecule has 1 saturated heterocycles. The van der Waals surface area contributed by atoms with Gasteiger partial charge in [-0.05, 0) is 37.5 Å². The molecule has 0 aliphatic carbocycles. The number of esters is 1. The Labute approximate surface area is 177 Å². The molecule has 0 bridgehead atoms. The van der Waals surface area contributed by atoms with Gasteiger partial charge in [0.25, 0.3) is 5.91 Å². The Kier molecular flexibility index (Phi) is 7.23. The van der Waals surface area contributed by atoms with Crippen molar-refractivity contribution in [2.75, 3.05) is 19.7 Å². The SMILES string of the molecule is Cc1ccc(S(=O)(=O)N2CCC(C(=O)OCC(=O)NCc3ccccc3)CC2)cc1. The summed E-state index contributed by atoms with van der Waals surface area (Å²) in [5.74, 6) is -1.24. The van der Waals surface area contributed by atoms with Gasteiger partial charge in [0.05, 0.1) is 10.8 Å². The maximum Gasteiger partial charge on any atom is 0.309 e. The van der Waals surface area contributed by atoms with Crippen LogP contribution in [0, 0.1) is 12.8 Å². The number of piperidine rings is 1. The number of carbonyl (C=O) groups is 2. The first kappa shape index (κ1) is 22.0. The number of carbonyl (C=O) groups excluding carboxylic acids is 2. The van der Waals surface area contributed by atoms with Crippen LogP contribution >= 0.6 is 0 Å². The molecular formula is C22H26N2O5S. The zero-order valence-corrected chi connectivity index (χ0v) is 17.7. The standard InChI is InChI=1S/C22H26N2O5S/c1-17-7-9-20(10-8-17)30(27,28)24-13-11-19(12-14-24)22(26)29-16-21(25)23-15-18-5-3-2-4-6-18/h2-10,19H,11-16H2,1H3,(H,23,25). The van der Waals surface area contributed by atoms with E-state index >= 15 is 0 Å². The lowest BCUT2D eigenvalue weighted by Gasteiger charge is -2.30. The molecule has 1 heterocycles. The quantitative estimate of drug-likeness (QED) is 0.680. The van der Waals surface area contributed by atoms with Gasteiger partial charge < -0.3 is 10.1 Å². The predicted octanol–water partition coefficient (Wildman–Crippen LogP) is 2.26. The fraction of sp³-hybridized carbons (Fsp3) is 0.364. The Morgan fingerprint density at radius 1 is 1.03 bits per heavy atom. The van der Waals surface area contributed by atoms with Crippen molar-refractivity contribution in [2.45, 2.75) is 31.2 Å². The Hall–Kier alpha value is -2.71. The molecule has 0 aromatic heterocycles. The maximum absolute atomic E-state index is 12.7. The molecule has 8 heteroatoms. The van der Waals surface area contributed by atoms with Crippen LogP contribution in [0.25, 0.3) is 0 Å². The Balaban J connectivity index is 1.43. The number of benzene rings is 2. The normalized spacial score (nSPS) is 15.5. The predicted molar refractivity (Wildman–Crippen MR) is 112 cm³/mol. The number of nitrogens with zero attached hydrogens (tertiary/aromatic N) is 1. The lowest BCUT2D eigenvalue weighted by atomic mass is 9.98. The van der Waals surface area contributed by atoms with Crippen LogP contribution in [0.1, 0.15) is 24.0 Å². The van der Waals surface area contributed by atoms with Gasteiger partial charge in [0, 0.05) is 19.6 Å². The molecule has 160 valence electrons. The number of aryl methyl sites for hydroxylation is 1. The molecule has 0 radical (unpaired) electrons. The molecule has 0 atom stereocenters. The average Bonchev–Trinajstić information content (AvgIpc) is 2.77. The fourth-order valence-corrected chi connectivity index (χ4v) is 4.76. The van der Waals surface area contributed by atoms with Crippen LogP contribution in [0.15, 0.2) is 59.5 Å². The van der Waals surface area contributed by atoms with Gasteiger partial charge in [-0.1, -0.05) is 48.0 Å². The first-order chi connectivity index (χ1) is 14.4. The molecule has 2 aromatic rings. The van der Waals surface area contributed by atoms with Gasteiger partial charge in [0.15, 0.2) is 6.61 Å². The van der Waals surface area contributed by atoms with Gasteiger partial charge in [-0.15, -0.1) is 0 Å². The Morgan fingerprint density at radius 3 is 2.30 bits per heavy atom. The topological polar surface area (TPSA) is 92.8 Å². The average molecular weight is 431 g/mol. The van der Waals surface area contributed by atoms with Crippen molar-refractivity contribution in [1.82, 2.24) is 9.62 Å². The van der Waals surface area contributed by atoms with Gasteiger partial charge in [0.2, 0.25) is 10.0 Å². The Bertz CT molecular complexity index is 966. The van der Waals surface area contributed by atoms with Crippen LogP contribution in [-0.4, -0.2) is 44.3 Å². The summed E-state index contributed by atoms with van der Waals surface area (Å²) in [6.45, 7) is 2.42. The molecule has 1 fully saturated rings. The van der Waals surface area contributed by atoms with E-state index in [4.69, 9.17) is 4.74 Å². The minimum atomic E-state index is -3.57. The summed E-state index contributed by atoms with van der Waals surface area (Å²) < 4.78 is 32.0. The minimum Gasteiger partial charge on any atom is -0.455 e. The lowest BCUT2D eigenvalue weighted by Crippen LogP contribution is -2.41. The summed E-state index contributed by atoms with van der Waals surface area (Å²) in [4.78, 5) is 24.4. The summed E-state index contributed by atoms with van der Waals surface area (Å²) in [7, 11) is -3.57. The highest BCUT2D eigenvalue weighted by Crippen LogP contribution is 2.24. The van der Waals surface area contributed by atoms with E-state index in [1.54, 1.807) is 24.3 Å². The molecule has 0 saturated carbocycles. The monoisotopic (exact) mass is 430 g/mol. The second-order valence-corrected chi connectivity index (χ2v) is 9.30. The third-order valence-corrected chi connectivity index (χ3v) is 7.04. The highest BCUT2D eigenvalue weighted by molar-refractivity contribution is 7.89. The van der Waals surface area contributed by atoms with E-state index in [9.17, 15) is 18.0 Å². The van der Waals surface area contributed by atoms with E-state index in [-0.39, 0.29) is 30.5 Å². The Morgan fingerprint density at radius 2 is 1.67 bits per heavy atom. The van der Waals surface area contributed by atoms with Crippen LogP contribution in [0.5, 0.6) is 0 Å². The van der Waals surface area contributed by atoms with E-state index < -0.39 is 21.9 Å². The molecule has 1 aliphatic rings. The van der Waals surface area contributed by atoms with Gasteiger partial charge in [0.1, 0.15) is 0 Å². The maximum atomic E-state index is 12.7. The summed E-state index contributed by atoms with van der Waals surface area (Å²) in [5, 5.41) is 2.70. The van der Waals surface area contributed by atoms with E-state index in [1.807, 2.05) is 37.3 Å². The fourth-order valence-electron chi connectivity index (χ4n) is 3.29.